The summed E-state index contributed by atoms with van der Waals surface area (Å²) in [7, 11) is 0. The number of ether oxygens (including phenoxy) is 1. The zero-order valence-electron chi connectivity index (χ0n) is 13.8. The van der Waals surface area contributed by atoms with E-state index in [-0.39, 0.29) is 17.9 Å². The molecule has 2 aromatic carbocycles. The van der Waals surface area contributed by atoms with Crippen molar-refractivity contribution in [3.05, 3.63) is 65.2 Å². The van der Waals surface area contributed by atoms with E-state index in [4.69, 9.17) is 4.74 Å². The number of para-hydroxylation sites is 1. The fourth-order valence-corrected chi connectivity index (χ4v) is 2.89. The van der Waals surface area contributed by atoms with Crippen LogP contribution in [0.4, 0.5) is 18.9 Å². The van der Waals surface area contributed by atoms with Crippen LogP contribution in [0.2, 0.25) is 0 Å². The number of rotatable bonds is 4. The molecule has 0 unspecified atom stereocenters. The zero-order valence-corrected chi connectivity index (χ0v) is 13.8. The number of carbonyl (C=O) groups is 2. The van der Waals surface area contributed by atoms with Gasteiger partial charge < -0.3 is 9.64 Å². The second kappa shape index (κ2) is 7.19. The molecule has 26 heavy (non-hydrogen) atoms. The quantitative estimate of drug-likeness (QED) is 0.783. The maximum Gasteiger partial charge on any atom is 0.416 e. The monoisotopic (exact) mass is 363 g/mol. The van der Waals surface area contributed by atoms with E-state index >= 15 is 0 Å². The van der Waals surface area contributed by atoms with Crippen molar-refractivity contribution in [3.63, 3.8) is 0 Å². The van der Waals surface area contributed by atoms with Gasteiger partial charge in [-0.3, -0.25) is 9.59 Å². The number of fused-ring (bicyclic) bond motifs is 1. The smallest absolute Gasteiger partial charge is 0.416 e. The second-order valence-electron chi connectivity index (χ2n) is 5.96. The molecule has 1 amide bonds. The lowest BCUT2D eigenvalue weighted by Crippen LogP contribution is -2.33. The van der Waals surface area contributed by atoms with Crippen LogP contribution < -0.4 is 4.90 Å². The standard InChI is InChI=1S/C19H16F3NO3/c20-19(21,22)15-6-3-4-13(10-15)11-18(25)26-12-17(24)23-9-8-14-5-1-2-7-16(14)23/h1-7,10H,8-9,11-12H2. The van der Waals surface area contributed by atoms with Crippen molar-refractivity contribution < 1.29 is 27.5 Å². The van der Waals surface area contributed by atoms with Crippen molar-refractivity contribution in [1.29, 1.82) is 0 Å². The van der Waals surface area contributed by atoms with Gasteiger partial charge >= 0.3 is 12.1 Å². The van der Waals surface area contributed by atoms with Crippen molar-refractivity contribution >= 4 is 17.6 Å². The van der Waals surface area contributed by atoms with Crippen molar-refractivity contribution in [2.24, 2.45) is 0 Å². The van der Waals surface area contributed by atoms with Gasteiger partial charge in [-0.05, 0) is 29.7 Å². The third-order valence-corrected chi connectivity index (χ3v) is 4.15. The summed E-state index contributed by atoms with van der Waals surface area (Å²) in [5.41, 5.74) is 1.21. The number of alkyl halides is 3. The highest BCUT2D eigenvalue weighted by Gasteiger charge is 2.30. The first-order valence-electron chi connectivity index (χ1n) is 8.04. The molecule has 1 heterocycles. The molecule has 136 valence electrons. The summed E-state index contributed by atoms with van der Waals surface area (Å²) in [6, 6.07) is 12.0. The maximum atomic E-state index is 12.7. The number of nitrogens with zero attached hydrogens (tertiary/aromatic N) is 1. The first-order chi connectivity index (χ1) is 12.3. The topological polar surface area (TPSA) is 46.6 Å². The van der Waals surface area contributed by atoms with E-state index < -0.39 is 24.3 Å². The molecule has 2 aromatic rings. The van der Waals surface area contributed by atoms with Crippen LogP contribution in [0.15, 0.2) is 48.5 Å². The number of halogens is 3. The van der Waals surface area contributed by atoms with Crippen molar-refractivity contribution in [2.45, 2.75) is 19.0 Å². The summed E-state index contributed by atoms with van der Waals surface area (Å²) < 4.78 is 43.0. The Bertz CT molecular complexity index is 833. The van der Waals surface area contributed by atoms with Gasteiger partial charge in [0.25, 0.3) is 5.91 Å². The number of amides is 1. The van der Waals surface area contributed by atoms with Gasteiger partial charge in [0.05, 0.1) is 12.0 Å². The molecule has 1 aliphatic rings. The van der Waals surface area contributed by atoms with Crippen molar-refractivity contribution in [2.75, 3.05) is 18.1 Å². The highest BCUT2D eigenvalue weighted by atomic mass is 19.4. The number of esters is 1. The van der Waals surface area contributed by atoms with E-state index in [0.717, 1.165) is 29.8 Å². The minimum atomic E-state index is -4.47. The Morgan fingerprint density at radius 2 is 1.85 bits per heavy atom. The van der Waals surface area contributed by atoms with Crippen LogP contribution in [-0.4, -0.2) is 25.0 Å². The summed E-state index contributed by atoms with van der Waals surface area (Å²) in [6.45, 7) is 0.0789. The average molecular weight is 363 g/mol. The number of hydrogen-bond donors (Lipinski definition) is 0. The van der Waals surface area contributed by atoms with Gasteiger partial charge in [-0.1, -0.05) is 36.4 Å². The molecule has 0 bridgehead atoms. The molecular formula is C19H16F3NO3. The Kier molecular flexibility index (Phi) is 4.97. The van der Waals surface area contributed by atoms with Crippen LogP contribution >= 0.6 is 0 Å². The fourth-order valence-electron chi connectivity index (χ4n) is 2.89. The van der Waals surface area contributed by atoms with Gasteiger partial charge in [-0.2, -0.15) is 13.2 Å². The lowest BCUT2D eigenvalue weighted by molar-refractivity contribution is -0.147. The summed E-state index contributed by atoms with van der Waals surface area (Å²) >= 11 is 0. The van der Waals surface area contributed by atoms with Crippen LogP contribution in [0.1, 0.15) is 16.7 Å². The fraction of sp³-hybridized carbons (Fsp3) is 0.263. The highest BCUT2D eigenvalue weighted by Crippen LogP contribution is 2.30. The average Bonchev–Trinajstić information content (AvgIpc) is 3.03. The lowest BCUT2D eigenvalue weighted by Gasteiger charge is -2.17. The van der Waals surface area contributed by atoms with Crippen LogP contribution in [0.5, 0.6) is 0 Å². The summed E-state index contributed by atoms with van der Waals surface area (Å²) in [5, 5.41) is 0. The van der Waals surface area contributed by atoms with Crippen molar-refractivity contribution in [3.8, 4) is 0 Å². The van der Waals surface area contributed by atoms with Gasteiger partial charge in [0.1, 0.15) is 0 Å². The number of anilines is 1. The van der Waals surface area contributed by atoms with Crippen LogP contribution in [0.3, 0.4) is 0 Å². The number of hydrogen-bond acceptors (Lipinski definition) is 3. The molecule has 0 saturated heterocycles. The predicted molar refractivity (Wildman–Crippen MR) is 88.6 cm³/mol. The second-order valence-corrected chi connectivity index (χ2v) is 5.96. The van der Waals surface area contributed by atoms with Gasteiger partial charge in [-0.25, -0.2) is 0 Å². The minimum Gasteiger partial charge on any atom is -0.455 e. The Morgan fingerprint density at radius 3 is 2.62 bits per heavy atom. The number of benzene rings is 2. The van der Waals surface area contributed by atoms with Crippen LogP contribution in [0, 0.1) is 0 Å². The Morgan fingerprint density at radius 1 is 1.08 bits per heavy atom. The van der Waals surface area contributed by atoms with E-state index in [1.165, 1.54) is 12.1 Å². The summed E-state index contributed by atoms with van der Waals surface area (Å²) in [4.78, 5) is 25.7. The molecule has 0 aromatic heterocycles. The minimum absolute atomic E-state index is 0.184. The number of carbonyl (C=O) groups excluding carboxylic acids is 2. The molecule has 0 atom stereocenters. The first kappa shape index (κ1) is 18.0. The van der Waals surface area contributed by atoms with E-state index in [1.54, 1.807) is 4.90 Å². The van der Waals surface area contributed by atoms with Crippen LogP contribution in [-0.2, 0) is 33.3 Å². The molecular weight excluding hydrogens is 347 g/mol. The van der Waals surface area contributed by atoms with E-state index in [0.29, 0.717) is 6.54 Å². The van der Waals surface area contributed by atoms with E-state index in [2.05, 4.69) is 0 Å². The molecule has 0 fully saturated rings. The lowest BCUT2D eigenvalue weighted by atomic mass is 10.1. The maximum absolute atomic E-state index is 12.7. The molecule has 0 aliphatic carbocycles. The molecule has 3 rings (SSSR count). The highest BCUT2D eigenvalue weighted by molar-refractivity contribution is 5.97. The van der Waals surface area contributed by atoms with E-state index in [9.17, 15) is 22.8 Å². The van der Waals surface area contributed by atoms with Crippen LogP contribution in [0.25, 0.3) is 0 Å². The normalized spacial score (nSPS) is 13.4. The molecule has 4 nitrogen and oxygen atoms in total. The summed E-state index contributed by atoms with van der Waals surface area (Å²) in [5.74, 6) is -1.10. The molecule has 7 heteroatoms. The molecule has 0 radical (unpaired) electrons. The largest absolute Gasteiger partial charge is 0.455 e. The predicted octanol–water partition coefficient (Wildman–Crippen LogP) is 3.38. The van der Waals surface area contributed by atoms with Gasteiger partial charge in [-0.15, -0.1) is 0 Å². The Hall–Kier alpha value is -2.83. The van der Waals surface area contributed by atoms with Gasteiger partial charge in [0, 0.05) is 12.2 Å². The van der Waals surface area contributed by atoms with E-state index in [1.807, 2.05) is 24.3 Å². The van der Waals surface area contributed by atoms with Gasteiger partial charge in [0.2, 0.25) is 0 Å². The SMILES string of the molecule is O=C(Cc1cccc(C(F)(F)F)c1)OCC(=O)N1CCc2ccccc21. The molecule has 0 N–H and O–H groups in total. The zero-order chi connectivity index (χ0) is 18.7. The molecule has 1 aliphatic heterocycles. The third kappa shape index (κ3) is 4.04. The Balaban J connectivity index is 1.56. The third-order valence-electron chi connectivity index (χ3n) is 4.15. The van der Waals surface area contributed by atoms with Gasteiger partial charge in [0.15, 0.2) is 6.61 Å². The molecule has 0 spiro atoms. The summed E-state index contributed by atoms with van der Waals surface area (Å²) in [6.07, 6.45) is -4.06. The van der Waals surface area contributed by atoms with Crippen molar-refractivity contribution in [1.82, 2.24) is 0 Å². The first-order valence-corrected chi connectivity index (χ1v) is 8.04. The Labute approximate surface area is 148 Å². The molecule has 0 saturated carbocycles.